The molecule has 1 unspecified atom stereocenters. The van der Waals surface area contributed by atoms with Gasteiger partial charge in [0, 0.05) is 19.3 Å². The second-order valence-electron chi connectivity index (χ2n) is 16.0. The van der Waals surface area contributed by atoms with Gasteiger partial charge in [-0.05, 0) is 96.3 Å². The largest absolute Gasteiger partial charge is 0.462 e. The number of ether oxygens (including phenoxy) is 3. The molecular formula is C54H90O6. The Bertz CT molecular complexity index is 1190. The highest BCUT2D eigenvalue weighted by Gasteiger charge is 2.19. The number of hydrogen-bond donors (Lipinski definition) is 0. The maximum absolute atomic E-state index is 12.7. The molecule has 0 aliphatic rings. The summed E-state index contributed by atoms with van der Waals surface area (Å²) in [5.74, 6) is -0.942. The van der Waals surface area contributed by atoms with Gasteiger partial charge in [0.2, 0.25) is 0 Å². The lowest BCUT2D eigenvalue weighted by Crippen LogP contribution is -2.30. The first-order valence-corrected chi connectivity index (χ1v) is 24.6. The average Bonchev–Trinajstić information content (AvgIpc) is 3.24. The van der Waals surface area contributed by atoms with E-state index in [1.807, 2.05) is 0 Å². The Balaban J connectivity index is 4.26. The van der Waals surface area contributed by atoms with Crippen LogP contribution in [0.3, 0.4) is 0 Å². The van der Waals surface area contributed by atoms with Crippen molar-refractivity contribution in [2.24, 2.45) is 0 Å². The minimum atomic E-state index is -0.788. The first-order chi connectivity index (χ1) is 29.5. The zero-order valence-corrected chi connectivity index (χ0v) is 38.9. The summed E-state index contributed by atoms with van der Waals surface area (Å²) in [5.41, 5.74) is 0. The summed E-state index contributed by atoms with van der Waals surface area (Å²) in [6.07, 6.45) is 61.7. The number of unbranched alkanes of at least 4 members (excludes halogenated alkanes) is 18. The molecule has 0 aromatic carbocycles. The second kappa shape index (κ2) is 48.3. The van der Waals surface area contributed by atoms with E-state index in [2.05, 4.69) is 106 Å². The van der Waals surface area contributed by atoms with Crippen molar-refractivity contribution >= 4 is 17.9 Å². The van der Waals surface area contributed by atoms with Gasteiger partial charge in [0.15, 0.2) is 6.10 Å². The Labute approximate surface area is 369 Å². The third kappa shape index (κ3) is 45.7. The molecule has 0 aliphatic carbocycles. The van der Waals surface area contributed by atoms with Crippen LogP contribution in [0, 0.1) is 0 Å². The Morgan fingerprint density at radius 1 is 0.350 bits per heavy atom. The molecule has 0 N–H and O–H groups in total. The molecule has 342 valence electrons. The minimum Gasteiger partial charge on any atom is -0.462 e. The van der Waals surface area contributed by atoms with Crippen molar-refractivity contribution in [1.82, 2.24) is 0 Å². The summed E-state index contributed by atoms with van der Waals surface area (Å²) < 4.78 is 16.6. The summed E-state index contributed by atoms with van der Waals surface area (Å²) in [6.45, 7) is 6.38. The number of rotatable bonds is 43. The number of carbonyl (C=O) groups excluding carboxylic acids is 3. The lowest BCUT2D eigenvalue weighted by molar-refractivity contribution is -0.167. The highest BCUT2D eigenvalue weighted by molar-refractivity contribution is 5.71. The van der Waals surface area contributed by atoms with Crippen LogP contribution in [0.1, 0.15) is 220 Å². The maximum atomic E-state index is 12.7. The molecule has 0 spiro atoms. The summed E-state index contributed by atoms with van der Waals surface area (Å²) in [5, 5.41) is 0. The molecule has 6 nitrogen and oxygen atoms in total. The maximum Gasteiger partial charge on any atom is 0.306 e. The fourth-order valence-corrected chi connectivity index (χ4v) is 6.44. The predicted octanol–water partition coefficient (Wildman–Crippen LogP) is 16.0. The molecular weight excluding hydrogens is 745 g/mol. The SMILES string of the molecule is CC/C=C\C/C=C\C/C=C\C/C=C\C/C=C\CCCCCCCC(=O)OCC(COC(=O)CCCCCCC)OC(=O)CCCCCCC/C=C\C/C=C\CCCCCC. The number of esters is 3. The van der Waals surface area contributed by atoms with Crippen LogP contribution in [0.4, 0.5) is 0 Å². The molecule has 0 rings (SSSR count). The fourth-order valence-electron chi connectivity index (χ4n) is 6.44. The van der Waals surface area contributed by atoms with Gasteiger partial charge in [-0.2, -0.15) is 0 Å². The average molecular weight is 835 g/mol. The lowest BCUT2D eigenvalue weighted by Gasteiger charge is -2.18. The molecule has 0 aromatic rings. The van der Waals surface area contributed by atoms with Crippen molar-refractivity contribution < 1.29 is 28.6 Å². The van der Waals surface area contributed by atoms with Gasteiger partial charge in [-0.15, -0.1) is 0 Å². The predicted molar refractivity (Wildman–Crippen MR) is 256 cm³/mol. The van der Waals surface area contributed by atoms with Gasteiger partial charge in [0.1, 0.15) is 13.2 Å². The van der Waals surface area contributed by atoms with E-state index in [0.29, 0.717) is 19.3 Å². The summed E-state index contributed by atoms with van der Waals surface area (Å²) in [4.78, 5) is 37.6. The number of allylic oxidation sites excluding steroid dienone is 14. The molecule has 1 atom stereocenters. The van der Waals surface area contributed by atoms with E-state index in [4.69, 9.17) is 14.2 Å². The molecule has 0 bridgehead atoms. The highest BCUT2D eigenvalue weighted by Crippen LogP contribution is 2.13. The Kier molecular flexibility index (Phi) is 45.5. The third-order valence-corrected chi connectivity index (χ3v) is 10.1. The van der Waals surface area contributed by atoms with Gasteiger partial charge < -0.3 is 14.2 Å². The first kappa shape index (κ1) is 56.6. The van der Waals surface area contributed by atoms with Crippen molar-refractivity contribution in [3.63, 3.8) is 0 Å². The van der Waals surface area contributed by atoms with Gasteiger partial charge in [-0.1, -0.05) is 189 Å². The van der Waals surface area contributed by atoms with Gasteiger partial charge in [0.05, 0.1) is 0 Å². The van der Waals surface area contributed by atoms with Gasteiger partial charge >= 0.3 is 17.9 Å². The lowest BCUT2D eigenvalue weighted by atomic mass is 10.1. The van der Waals surface area contributed by atoms with Gasteiger partial charge in [0.25, 0.3) is 0 Å². The topological polar surface area (TPSA) is 78.9 Å². The van der Waals surface area contributed by atoms with Crippen molar-refractivity contribution in [3.8, 4) is 0 Å². The van der Waals surface area contributed by atoms with Crippen LogP contribution >= 0.6 is 0 Å². The van der Waals surface area contributed by atoms with Crippen molar-refractivity contribution in [2.75, 3.05) is 13.2 Å². The third-order valence-electron chi connectivity index (χ3n) is 10.1. The Morgan fingerprint density at radius 2 is 0.650 bits per heavy atom. The van der Waals surface area contributed by atoms with Crippen LogP contribution in [0.25, 0.3) is 0 Å². The zero-order valence-electron chi connectivity index (χ0n) is 38.9. The zero-order chi connectivity index (χ0) is 43.7. The molecule has 0 saturated heterocycles. The molecule has 0 heterocycles. The number of hydrogen-bond acceptors (Lipinski definition) is 6. The summed E-state index contributed by atoms with van der Waals surface area (Å²) in [6, 6.07) is 0. The van der Waals surface area contributed by atoms with E-state index in [-0.39, 0.29) is 31.1 Å². The standard InChI is InChI=1S/C54H90O6/c1-4-7-10-13-15-17-19-21-23-25-26-27-28-29-31-32-34-36-38-41-44-47-53(56)59-50-51(49-58-52(55)46-43-40-12-9-6-3)60-54(57)48-45-42-39-37-35-33-30-24-22-20-18-16-14-11-8-5-2/h7,10,15,17-18,20-21,23-24,26-27,29-31,51H,4-6,8-9,11-14,16,19,22,25,28,32-50H2,1-3H3/b10-7-,17-15-,20-18-,23-21-,27-26-,30-24-,31-29-. The van der Waals surface area contributed by atoms with Crippen molar-refractivity contribution in [1.29, 1.82) is 0 Å². The minimum absolute atomic E-state index is 0.0903. The van der Waals surface area contributed by atoms with Crippen LogP contribution in [0.15, 0.2) is 85.1 Å². The van der Waals surface area contributed by atoms with Crippen LogP contribution in [-0.2, 0) is 28.6 Å². The van der Waals surface area contributed by atoms with Crippen LogP contribution < -0.4 is 0 Å². The number of carbonyl (C=O) groups is 3. The van der Waals surface area contributed by atoms with Crippen molar-refractivity contribution in [3.05, 3.63) is 85.1 Å². The van der Waals surface area contributed by atoms with E-state index in [1.165, 1.54) is 38.5 Å². The van der Waals surface area contributed by atoms with Gasteiger partial charge in [-0.3, -0.25) is 14.4 Å². The summed E-state index contributed by atoms with van der Waals surface area (Å²) >= 11 is 0. The van der Waals surface area contributed by atoms with Crippen molar-refractivity contribution in [2.45, 2.75) is 226 Å². The van der Waals surface area contributed by atoms with E-state index in [0.717, 1.165) is 141 Å². The fraction of sp³-hybridized carbons (Fsp3) is 0.685. The summed E-state index contributed by atoms with van der Waals surface area (Å²) in [7, 11) is 0. The normalized spacial score (nSPS) is 12.8. The molecule has 0 radical (unpaired) electrons. The molecule has 0 fully saturated rings. The quantitative estimate of drug-likeness (QED) is 0.0263. The Morgan fingerprint density at radius 3 is 1.03 bits per heavy atom. The van der Waals surface area contributed by atoms with Crippen LogP contribution in [0.5, 0.6) is 0 Å². The molecule has 0 amide bonds. The molecule has 0 aromatic heterocycles. The second-order valence-corrected chi connectivity index (χ2v) is 16.0. The first-order valence-electron chi connectivity index (χ1n) is 24.6. The van der Waals surface area contributed by atoms with Gasteiger partial charge in [-0.25, -0.2) is 0 Å². The highest BCUT2D eigenvalue weighted by atomic mass is 16.6. The Hall–Kier alpha value is -3.41. The van der Waals surface area contributed by atoms with E-state index < -0.39 is 6.10 Å². The van der Waals surface area contributed by atoms with E-state index in [1.54, 1.807) is 0 Å². The molecule has 0 saturated carbocycles. The van der Waals surface area contributed by atoms with E-state index >= 15 is 0 Å². The molecule has 60 heavy (non-hydrogen) atoms. The molecule has 0 aliphatic heterocycles. The van der Waals surface area contributed by atoms with Crippen LogP contribution in [0.2, 0.25) is 0 Å². The van der Waals surface area contributed by atoms with Crippen LogP contribution in [-0.4, -0.2) is 37.2 Å². The smallest absolute Gasteiger partial charge is 0.306 e. The monoisotopic (exact) mass is 835 g/mol. The van der Waals surface area contributed by atoms with E-state index in [9.17, 15) is 14.4 Å². The molecule has 6 heteroatoms.